The Balaban J connectivity index is 1.93. The SMILES string of the molecule is CCOCCN(CC)Cc1ccc2c(c1)CNCC2. The van der Waals surface area contributed by atoms with E-state index in [4.69, 9.17) is 4.74 Å². The molecule has 1 aliphatic rings. The van der Waals surface area contributed by atoms with E-state index in [1.807, 2.05) is 6.92 Å². The van der Waals surface area contributed by atoms with Crippen LogP contribution in [0.15, 0.2) is 18.2 Å². The first-order chi connectivity index (χ1) is 9.33. The summed E-state index contributed by atoms with van der Waals surface area (Å²) in [6, 6.07) is 6.96. The van der Waals surface area contributed by atoms with E-state index < -0.39 is 0 Å². The van der Waals surface area contributed by atoms with Gasteiger partial charge in [0.05, 0.1) is 6.61 Å². The summed E-state index contributed by atoms with van der Waals surface area (Å²) in [5.41, 5.74) is 4.41. The van der Waals surface area contributed by atoms with Crippen molar-refractivity contribution in [3.63, 3.8) is 0 Å². The van der Waals surface area contributed by atoms with Crippen LogP contribution in [0.2, 0.25) is 0 Å². The molecule has 0 saturated heterocycles. The Morgan fingerprint density at radius 1 is 1.26 bits per heavy atom. The molecule has 1 aliphatic heterocycles. The lowest BCUT2D eigenvalue weighted by molar-refractivity contribution is 0.113. The van der Waals surface area contributed by atoms with Gasteiger partial charge in [-0.2, -0.15) is 0 Å². The van der Waals surface area contributed by atoms with Crippen molar-refractivity contribution in [2.75, 3.05) is 32.8 Å². The number of hydrogen-bond donors (Lipinski definition) is 1. The molecule has 19 heavy (non-hydrogen) atoms. The van der Waals surface area contributed by atoms with E-state index in [1.165, 1.54) is 16.7 Å². The van der Waals surface area contributed by atoms with Crippen molar-refractivity contribution < 1.29 is 4.74 Å². The van der Waals surface area contributed by atoms with E-state index in [-0.39, 0.29) is 0 Å². The van der Waals surface area contributed by atoms with Gasteiger partial charge in [0, 0.05) is 26.2 Å². The minimum Gasteiger partial charge on any atom is -0.380 e. The number of likely N-dealkylation sites (N-methyl/N-ethyl adjacent to an activating group) is 1. The van der Waals surface area contributed by atoms with E-state index in [2.05, 4.69) is 35.3 Å². The van der Waals surface area contributed by atoms with Gasteiger partial charge in [0.2, 0.25) is 0 Å². The van der Waals surface area contributed by atoms with Crippen LogP contribution in [0.4, 0.5) is 0 Å². The van der Waals surface area contributed by atoms with Crippen LogP contribution in [-0.4, -0.2) is 37.7 Å². The minimum absolute atomic E-state index is 0.808. The summed E-state index contributed by atoms with van der Waals surface area (Å²) in [6.07, 6.45) is 1.16. The zero-order valence-electron chi connectivity index (χ0n) is 12.2. The second kappa shape index (κ2) is 7.63. The van der Waals surface area contributed by atoms with Crippen LogP contribution in [-0.2, 0) is 24.2 Å². The first kappa shape index (κ1) is 14.5. The van der Waals surface area contributed by atoms with Gasteiger partial charge in [-0.1, -0.05) is 25.1 Å². The number of rotatable bonds is 7. The van der Waals surface area contributed by atoms with Crippen LogP contribution in [0.5, 0.6) is 0 Å². The highest BCUT2D eigenvalue weighted by atomic mass is 16.5. The Bertz CT molecular complexity index is 392. The van der Waals surface area contributed by atoms with Crippen molar-refractivity contribution in [2.45, 2.75) is 33.4 Å². The second-order valence-electron chi connectivity index (χ2n) is 5.10. The molecule has 0 aromatic heterocycles. The fourth-order valence-corrected chi connectivity index (χ4v) is 2.58. The zero-order valence-corrected chi connectivity index (χ0v) is 12.2. The van der Waals surface area contributed by atoms with E-state index in [0.29, 0.717) is 0 Å². The molecule has 0 spiro atoms. The molecule has 1 heterocycles. The standard InChI is InChI=1S/C16H26N2O/c1-3-18(9-10-19-4-2)13-14-5-6-15-7-8-17-12-16(15)11-14/h5-6,11,17H,3-4,7-10,12-13H2,1-2H3. The smallest absolute Gasteiger partial charge is 0.0593 e. The average Bonchev–Trinajstić information content (AvgIpc) is 2.46. The van der Waals surface area contributed by atoms with Gasteiger partial charge in [0.25, 0.3) is 0 Å². The van der Waals surface area contributed by atoms with E-state index in [9.17, 15) is 0 Å². The normalized spacial score (nSPS) is 14.7. The number of nitrogens with one attached hydrogen (secondary N) is 1. The largest absolute Gasteiger partial charge is 0.380 e. The van der Waals surface area contributed by atoms with Gasteiger partial charge in [-0.05, 0) is 43.1 Å². The quantitative estimate of drug-likeness (QED) is 0.762. The number of nitrogens with zero attached hydrogens (tertiary/aromatic N) is 1. The number of benzene rings is 1. The Morgan fingerprint density at radius 2 is 2.16 bits per heavy atom. The Morgan fingerprint density at radius 3 is 2.95 bits per heavy atom. The Kier molecular flexibility index (Phi) is 5.83. The van der Waals surface area contributed by atoms with Crippen molar-refractivity contribution in [3.05, 3.63) is 34.9 Å². The van der Waals surface area contributed by atoms with E-state index in [1.54, 1.807) is 0 Å². The maximum Gasteiger partial charge on any atom is 0.0593 e. The molecule has 1 aromatic rings. The van der Waals surface area contributed by atoms with Crippen molar-refractivity contribution in [2.24, 2.45) is 0 Å². The molecule has 0 bridgehead atoms. The first-order valence-electron chi connectivity index (χ1n) is 7.45. The highest BCUT2D eigenvalue weighted by molar-refractivity contribution is 5.33. The lowest BCUT2D eigenvalue weighted by Gasteiger charge is -2.22. The summed E-state index contributed by atoms with van der Waals surface area (Å²) in [5.74, 6) is 0. The third-order valence-electron chi connectivity index (χ3n) is 3.77. The van der Waals surface area contributed by atoms with Crippen molar-refractivity contribution in [1.82, 2.24) is 10.2 Å². The van der Waals surface area contributed by atoms with Gasteiger partial charge in [-0.3, -0.25) is 4.90 Å². The highest BCUT2D eigenvalue weighted by Crippen LogP contribution is 2.17. The summed E-state index contributed by atoms with van der Waals surface area (Å²) >= 11 is 0. The molecule has 0 saturated carbocycles. The lowest BCUT2D eigenvalue weighted by Crippen LogP contribution is -2.28. The summed E-state index contributed by atoms with van der Waals surface area (Å²) in [6.45, 7) is 11.1. The van der Waals surface area contributed by atoms with Crippen LogP contribution < -0.4 is 5.32 Å². The fraction of sp³-hybridized carbons (Fsp3) is 0.625. The molecule has 1 aromatic carbocycles. The second-order valence-corrected chi connectivity index (χ2v) is 5.10. The number of fused-ring (bicyclic) bond motifs is 1. The molecular formula is C16H26N2O. The maximum absolute atomic E-state index is 5.44. The third kappa shape index (κ3) is 4.30. The Hall–Kier alpha value is -0.900. The fourth-order valence-electron chi connectivity index (χ4n) is 2.58. The molecule has 1 N–H and O–H groups in total. The van der Waals surface area contributed by atoms with Crippen molar-refractivity contribution in [1.29, 1.82) is 0 Å². The number of ether oxygens (including phenoxy) is 1. The summed E-state index contributed by atoms with van der Waals surface area (Å²) in [4.78, 5) is 2.44. The van der Waals surface area contributed by atoms with Crippen LogP contribution in [0.25, 0.3) is 0 Å². The van der Waals surface area contributed by atoms with Crippen LogP contribution in [0.1, 0.15) is 30.5 Å². The maximum atomic E-state index is 5.44. The average molecular weight is 262 g/mol. The third-order valence-corrected chi connectivity index (χ3v) is 3.77. The molecule has 2 rings (SSSR count). The summed E-state index contributed by atoms with van der Waals surface area (Å²) < 4.78 is 5.44. The lowest BCUT2D eigenvalue weighted by atomic mass is 9.98. The first-order valence-corrected chi connectivity index (χ1v) is 7.45. The molecular weight excluding hydrogens is 236 g/mol. The molecule has 0 fully saturated rings. The van der Waals surface area contributed by atoms with Crippen LogP contribution >= 0.6 is 0 Å². The Labute approximate surface area is 116 Å². The molecule has 106 valence electrons. The molecule has 0 amide bonds. The van der Waals surface area contributed by atoms with Crippen LogP contribution in [0, 0.1) is 0 Å². The molecule has 0 radical (unpaired) electrons. The molecule has 0 atom stereocenters. The molecule has 3 heteroatoms. The van der Waals surface area contributed by atoms with E-state index >= 15 is 0 Å². The van der Waals surface area contributed by atoms with Gasteiger partial charge >= 0.3 is 0 Å². The summed E-state index contributed by atoms with van der Waals surface area (Å²) in [5, 5.41) is 3.44. The monoisotopic (exact) mass is 262 g/mol. The molecule has 0 aliphatic carbocycles. The van der Waals surface area contributed by atoms with Crippen molar-refractivity contribution in [3.8, 4) is 0 Å². The number of hydrogen-bond acceptors (Lipinski definition) is 3. The minimum atomic E-state index is 0.808. The zero-order chi connectivity index (χ0) is 13.5. The van der Waals surface area contributed by atoms with Crippen LogP contribution in [0.3, 0.4) is 0 Å². The molecule has 0 unspecified atom stereocenters. The molecule has 3 nitrogen and oxygen atoms in total. The van der Waals surface area contributed by atoms with E-state index in [0.717, 1.165) is 52.4 Å². The van der Waals surface area contributed by atoms with Gasteiger partial charge in [-0.15, -0.1) is 0 Å². The van der Waals surface area contributed by atoms with Gasteiger partial charge < -0.3 is 10.1 Å². The van der Waals surface area contributed by atoms with Gasteiger partial charge in [0.15, 0.2) is 0 Å². The topological polar surface area (TPSA) is 24.5 Å². The predicted octanol–water partition coefficient (Wildman–Crippen LogP) is 2.19. The predicted molar refractivity (Wildman–Crippen MR) is 79.3 cm³/mol. The van der Waals surface area contributed by atoms with Crippen molar-refractivity contribution >= 4 is 0 Å². The summed E-state index contributed by atoms with van der Waals surface area (Å²) in [7, 11) is 0. The highest BCUT2D eigenvalue weighted by Gasteiger charge is 2.10. The van der Waals surface area contributed by atoms with Gasteiger partial charge in [0.1, 0.15) is 0 Å². The van der Waals surface area contributed by atoms with Gasteiger partial charge in [-0.25, -0.2) is 0 Å².